The lowest BCUT2D eigenvalue weighted by Gasteiger charge is -2.10. The van der Waals surface area contributed by atoms with Crippen molar-refractivity contribution in [1.82, 2.24) is 15.3 Å². The number of benzene rings is 2. The van der Waals surface area contributed by atoms with Crippen LogP contribution < -0.4 is 10.6 Å². The first-order chi connectivity index (χ1) is 13.0. The summed E-state index contributed by atoms with van der Waals surface area (Å²) in [5, 5.41) is 6.67. The van der Waals surface area contributed by atoms with Gasteiger partial charge in [-0.05, 0) is 42.7 Å². The van der Waals surface area contributed by atoms with Crippen molar-refractivity contribution < 1.29 is 4.79 Å². The molecule has 2 aromatic carbocycles. The van der Waals surface area contributed by atoms with Gasteiger partial charge in [-0.15, -0.1) is 0 Å². The van der Waals surface area contributed by atoms with Gasteiger partial charge in [0.15, 0.2) is 0 Å². The molecule has 0 fully saturated rings. The fourth-order valence-corrected chi connectivity index (χ4v) is 2.86. The molecule has 0 aliphatic carbocycles. The number of amides is 1. The van der Waals surface area contributed by atoms with Gasteiger partial charge in [0.25, 0.3) is 5.91 Å². The lowest BCUT2D eigenvalue weighted by molar-refractivity contribution is 0.0946. The molecule has 0 atom stereocenters. The van der Waals surface area contributed by atoms with E-state index in [1.165, 1.54) is 5.56 Å². The molecule has 1 aromatic heterocycles. The number of aryl methyl sites for hydroxylation is 2. The van der Waals surface area contributed by atoms with Crippen LogP contribution in [0.25, 0.3) is 0 Å². The monoisotopic (exact) mass is 380 g/mol. The molecule has 0 saturated carbocycles. The maximum absolute atomic E-state index is 12.5. The minimum absolute atomic E-state index is 0.264. The average molecular weight is 381 g/mol. The maximum atomic E-state index is 12.5. The van der Waals surface area contributed by atoms with Gasteiger partial charge < -0.3 is 10.6 Å². The summed E-state index contributed by atoms with van der Waals surface area (Å²) in [6.07, 6.45) is 0. The normalized spacial score (nSPS) is 10.5. The highest BCUT2D eigenvalue weighted by molar-refractivity contribution is 6.31. The quantitative estimate of drug-likeness (QED) is 0.669. The topological polar surface area (TPSA) is 66.9 Å². The van der Waals surface area contributed by atoms with E-state index >= 15 is 0 Å². The molecule has 3 rings (SSSR count). The molecule has 6 heteroatoms. The highest BCUT2D eigenvalue weighted by Gasteiger charge is 2.11. The Morgan fingerprint density at radius 2 is 1.67 bits per heavy atom. The van der Waals surface area contributed by atoms with Gasteiger partial charge in [-0.25, -0.2) is 9.97 Å². The van der Waals surface area contributed by atoms with Crippen molar-refractivity contribution in [1.29, 1.82) is 0 Å². The summed E-state index contributed by atoms with van der Waals surface area (Å²) < 4.78 is 0. The average Bonchev–Trinajstić information content (AvgIpc) is 2.66. The first-order valence-corrected chi connectivity index (χ1v) is 9.06. The van der Waals surface area contributed by atoms with E-state index in [0.29, 0.717) is 29.8 Å². The predicted octanol–water partition coefficient (Wildman–Crippen LogP) is 4.29. The van der Waals surface area contributed by atoms with E-state index in [9.17, 15) is 4.79 Å². The predicted molar refractivity (Wildman–Crippen MR) is 108 cm³/mol. The van der Waals surface area contributed by atoms with Crippen LogP contribution in [0.1, 0.15) is 32.9 Å². The molecule has 27 heavy (non-hydrogen) atoms. The molecule has 2 N–H and O–H groups in total. The molecular formula is C21H21ClN4O. The summed E-state index contributed by atoms with van der Waals surface area (Å²) in [6, 6.07) is 17.2. The Hall–Kier alpha value is -2.92. The Morgan fingerprint density at radius 3 is 2.41 bits per heavy atom. The van der Waals surface area contributed by atoms with E-state index in [-0.39, 0.29) is 5.91 Å². The van der Waals surface area contributed by atoms with Crippen LogP contribution in [0.5, 0.6) is 0 Å². The van der Waals surface area contributed by atoms with Gasteiger partial charge in [-0.2, -0.15) is 0 Å². The molecule has 0 radical (unpaired) electrons. The van der Waals surface area contributed by atoms with Crippen LogP contribution in [0.15, 0.2) is 54.6 Å². The molecule has 1 heterocycles. The first kappa shape index (κ1) is 18.9. The zero-order valence-electron chi connectivity index (χ0n) is 15.3. The smallest absolute Gasteiger partial charge is 0.270 e. The van der Waals surface area contributed by atoms with Crippen LogP contribution in [0, 0.1) is 13.8 Å². The third-order valence-electron chi connectivity index (χ3n) is 4.18. The number of halogens is 1. The number of carbonyl (C=O) groups is 1. The zero-order chi connectivity index (χ0) is 19.2. The SMILES string of the molecule is Cc1cc(C(=O)NCc2ccccc2Cl)nc(NCc2ccccc2C)n1. The van der Waals surface area contributed by atoms with E-state index in [2.05, 4.69) is 39.7 Å². The molecule has 0 spiro atoms. The molecule has 0 bridgehead atoms. The number of nitrogens with zero attached hydrogens (tertiary/aromatic N) is 2. The van der Waals surface area contributed by atoms with Crippen molar-refractivity contribution in [2.75, 3.05) is 5.32 Å². The largest absolute Gasteiger partial charge is 0.350 e. The van der Waals surface area contributed by atoms with Crippen molar-refractivity contribution in [3.63, 3.8) is 0 Å². The van der Waals surface area contributed by atoms with Crippen molar-refractivity contribution in [2.24, 2.45) is 0 Å². The Balaban J connectivity index is 1.68. The molecule has 0 aliphatic rings. The summed E-state index contributed by atoms with van der Waals surface area (Å²) in [5.74, 6) is 0.167. The second kappa shape index (κ2) is 8.64. The van der Waals surface area contributed by atoms with Crippen LogP contribution in [-0.2, 0) is 13.1 Å². The summed E-state index contributed by atoms with van der Waals surface area (Å²) in [4.78, 5) is 21.2. The maximum Gasteiger partial charge on any atom is 0.270 e. The van der Waals surface area contributed by atoms with Crippen LogP contribution in [0.4, 0.5) is 5.95 Å². The molecular weight excluding hydrogens is 360 g/mol. The Kier molecular flexibility index (Phi) is 6.04. The lowest BCUT2D eigenvalue weighted by atomic mass is 10.1. The van der Waals surface area contributed by atoms with E-state index in [4.69, 9.17) is 11.6 Å². The molecule has 0 aliphatic heterocycles. The van der Waals surface area contributed by atoms with E-state index in [1.807, 2.05) is 37.3 Å². The molecule has 138 valence electrons. The number of carbonyl (C=O) groups excluding carboxylic acids is 1. The van der Waals surface area contributed by atoms with Crippen molar-refractivity contribution in [3.8, 4) is 0 Å². The molecule has 3 aromatic rings. The van der Waals surface area contributed by atoms with Gasteiger partial charge in [0.1, 0.15) is 5.69 Å². The van der Waals surface area contributed by atoms with Gasteiger partial charge in [0, 0.05) is 23.8 Å². The van der Waals surface area contributed by atoms with Crippen LogP contribution >= 0.6 is 11.6 Å². The summed E-state index contributed by atoms with van der Waals surface area (Å²) >= 11 is 6.13. The van der Waals surface area contributed by atoms with Crippen LogP contribution in [0.3, 0.4) is 0 Å². The third-order valence-corrected chi connectivity index (χ3v) is 4.55. The Labute approximate surface area is 163 Å². The fraction of sp³-hybridized carbons (Fsp3) is 0.190. The fourth-order valence-electron chi connectivity index (χ4n) is 2.65. The molecule has 5 nitrogen and oxygen atoms in total. The number of anilines is 1. The van der Waals surface area contributed by atoms with Gasteiger partial charge in [-0.1, -0.05) is 54.1 Å². The lowest BCUT2D eigenvalue weighted by Crippen LogP contribution is -2.24. The summed E-state index contributed by atoms with van der Waals surface area (Å²) in [6.45, 7) is 4.83. The van der Waals surface area contributed by atoms with Gasteiger partial charge in [0.05, 0.1) is 0 Å². The van der Waals surface area contributed by atoms with Gasteiger partial charge in [-0.3, -0.25) is 4.79 Å². The number of rotatable bonds is 6. The number of nitrogens with one attached hydrogen (secondary N) is 2. The van der Waals surface area contributed by atoms with Gasteiger partial charge in [0.2, 0.25) is 5.95 Å². The number of hydrogen-bond acceptors (Lipinski definition) is 4. The van der Waals surface area contributed by atoms with E-state index in [0.717, 1.165) is 16.8 Å². The van der Waals surface area contributed by atoms with E-state index in [1.54, 1.807) is 12.1 Å². The second-order valence-corrected chi connectivity index (χ2v) is 6.68. The zero-order valence-corrected chi connectivity index (χ0v) is 16.0. The molecule has 0 unspecified atom stereocenters. The molecule has 0 saturated heterocycles. The molecule has 1 amide bonds. The van der Waals surface area contributed by atoms with Crippen molar-refractivity contribution in [3.05, 3.63) is 87.7 Å². The standard InChI is InChI=1S/C21H21ClN4O/c1-14-7-3-4-8-16(14)12-24-21-25-15(2)11-19(26-21)20(27)23-13-17-9-5-6-10-18(17)22/h3-11H,12-13H2,1-2H3,(H,23,27)(H,24,25,26). The van der Waals surface area contributed by atoms with Gasteiger partial charge >= 0.3 is 0 Å². The minimum Gasteiger partial charge on any atom is -0.350 e. The highest BCUT2D eigenvalue weighted by Crippen LogP contribution is 2.15. The Morgan fingerprint density at radius 1 is 0.963 bits per heavy atom. The summed E-state index contributed by atoms with van der Waals surface area (Å²) in [7, 11) is 0. The third kappa shape index (κ3) is 5.05. The highest BCUT2D eigenvalue weighted by atomic mass is 35.5. The number of hydrogen-bond donors (Lipinski definition) is 2. The van der Waals surface area contributed by atoms with Crippen molar-refractivity contribution in [2.45, 2.75) is 26.9 Å². The van der Waals surface area contributed by atoms with Crippen LogP contribution in [-0.4, -0.2) is 15.9 Å². The van der Waals surface area contributed by atoms with Crippen molar-refractivity contribution >= 4 is 23.5 Å². The second-order valence-electron chi connectivity index (χ2n) is 6.27. The number of aromatic nitrogens is 2. The minimum atomic E-state index is -0.264. The van der Waals surface area contributed by atoms with E-state index < -0.39 is 0 Å². The summed E-state index contributed by atoms with van der Waals surface area (Å²) in [5.41, 5.74) is 4.25. The first-order valence-electron chi connectivity index (χ1n) is 8.68. The Bertz CT molecular complexity index is 958. The van der Waals surface area contributed by atoms with Crippen LogP contribution in [0.2, 0.25) is 5.02 Å².